The predicted octanol–water partition coefficient (Wildman–Crippen LogP) is 3.25. The SMILES string of the molecule is COCc1ccccc1NC1C(=O)Nc2ccc(C)cc21. The Kier molecular flexibility index (Phi) is 3.62. The maximum atomic E-state index is 12.2. The number of rotatable bonds is 4. The van der Waals surface area contributed by atoms with E-state index in [1.54, 1.807) is 7.11 Å². The van der Waals surface area contributed by atoms with Crippen molar-refractivity contribution in [3.8, 4) is 0 Å². The largest absolute Gasteiger partial charge is 0.380 e. The van der Waals surface area contributed by atoms with E-state index >= 15 is 0 Å². The lowest BCUT2D eigenvalue weighted by atomic mass is 10.0. The zero-order chi connectivity index (χ0) is 14.8. The molecule has 2 N–H and O–H groups in total. The molecule has 0 saturated carbocycles. The molecule has 4 nitrogen and oxygen atoms in total. The molecule has 0 spiro atoms. The number of carbonyl (C=O) groups excluding carboxylic acids is 1. The Morgan fingerprint density at radius 1 is 1.24 bits per heavy atom. The zero-order valence-electron chi connectivity index (χ0n) is 12.1. The predicted molar refractivity (Wildman–Crippen MR) is 83.3 cm³/mol. The van der Waals surface area contributed by atoms with Crippen LogP contribution in [0.3, 0.4) is 0 Å². The third kappa shape index (κ3) is 2.62. The van der Waals surface area contributed by atoms with E-state index in [0.29, 0.717) is 6.61 Å². The molecule has 0 radical (unpaired) electrons. The van der Waals surface area contributed by atoms with Crippen molar-refractivity contribution in [2.45, 2.75) is 19.6 Å². The van der Waals surface area contributed by atoms with E-state index in [-0.39, 0.29) is 11.9 Å². The average Bonchev–Trinajstić information content (AvgIpc) is 2.77. The Morgan fingerprint density at radius 3 is 2.86 bits per heavy atom. The van der Waals surface area contributed by atoms with Crippen LogP contribution >= 0.6 is 0 Å². The second-order valence-electron chi connectivity index (χ2n) is 5.25. The summed E-state index contributed by atoms with van der Waals surface area (Å²) in [4.78, 5) is 12.2. The van der Waals surface area contributed by atoms with Gasteiger partial charge in [-0.3, -0.25) is 4.79 Å². The molecule has 0 bridgehead atoms. The van der Waals surface area contributed by atoms with Gasteiger partial charge in [0.25, 0.3) is 5.91 Å². The first-order valence-electron chi connectivity index (χ1n) is 6.94. The number of hydrogen-bond acceptors (Lipinski definition) is 3. The van der Waals surface area contributed by atoms with Crippen molar-refractivity contribution in [1.29, 1.82) is 0 Å². The summed E-state index contributed by atoms with van der Waals surface area (Å²) in [6.45, 7) is 2.54. The highest BCUT2D eigenvalue weighted by molar-refractivity contribution is 6.04. The highest BCUT2D eigenvalue weighted by atomic mass is 16.5. The van der Waals surface area contributed by atoms with E-state index in [9.17, 15) is 4.79 Å². The van der Waals surface area contributed by atoms with Gasteiger partial charge in [0.2, 0.25) is 0 Å². The number of aryl methyl sites for hydroxylation is 1. The molecule has 108 valence electrons. The lowest BCUT2D eigenvalue weighted by Gasteiger charge is -2.16. The molecule has 2 aromatic rings. The molecule has 21 heavy (non-hydrogen) atoms. The van der Waals surface area contributed by atoms with Crippen LogP contribution in [-0.4, -0.2) is 13.0 Å². The number of para-hydroxylation sites is 1. The lowest BCUT2D eigenvalue weighted by Crippen LogP contribution is -2.20. The fourth-order valence-corrected chi connectivity index (χ4v) is 2.62. The molecule has 0 fully saturated rings. The summed E-state index contributed by atoms with van der Waals surface area (Å²) in [6.07, 6.45) is 0. The van der Waals surface area contributed by atoms with Gasteiger partial charge in [-0.25, -0.2) is 0 Å². The van der Waals surface area contributed by atoms with Crippen LogP contribution < -0.4 is 10.6 Å². The minimum Gasteiger partial charge on any atom is -0.380 e. The molecule has 1 aliphatic rings. The third-order valence-corrected chi connectivity index (χ3v) is 3.66. The van der Waals surface area contributed by atoms with Crippen LogP contribution in [0.1, 0.15) is 22.7 Å². The van der Waals surface area contributed by atoms with Crippen molar-refractivity contribution in [3.05, 3.63) is 59.2 Å². The Labute approximate surface area is 124 Å². The second kappa shape index (κ2) is 5.58. The van der Waals surface area contributed by atoms with E-state index in [2.05, 4.69) is 10.6 Å². The summed E-state index contributed by atoms with van der Waals surface area (Å²) in [7, 11) is 1.66. The van der Waals surface area contributed by atoms with Crippen LogP contribution in [0, 0.1) is 6.92 Å². The van der Waals surface area contributed by atoms with E-state index in [1.807, 2.05) is 49.4 Å². The van der Waals surface area contributed by atoms with Crippen molar-refractivity contribution in [2.24, 2.45) is 0 Å². The van der Waals surface area contributed by atoms with Crippen LogP contribution in [0.5, 0.6) is 0 Å². The third-order valence-electron chi connectivity index (χ3n) is 3.66. The second-order valence-corrected chi connectivity index (χ2v) is 5.25. The van der Waals surface area contributed by atoms with Crippen LogP contribution in [-0.2, 0) is 16.1 Å². The van der Waals surface area contributed by atoms with Gasteiger partial charge in [0.15, 0.2) is 0 Å². The number of ether oxygens (including phenoxy) is 1. The van der Waals surface area contributed by atoms with Gasteiger partial charge in [-0.15, -0.1) is 0 Å². The quantitative estimate of drug-likeness (QED) is 0.905. The van der Waals surface area contributed by atoms with Crippen molar-refractivity contribution >= 4 is 17.3 Å². The molecule has 1 unspecified atom stereocenters. The average molecular weight is 282 g/mol. The molecule has 0 aromatic heterocycles. The number of amides is 1. The number of fused-ring (bicyclic) bond motifs is 1. The van der Waals surface area contributed by atoms with Gasteiger partial charge < -0.3 is 15.4 Å². The monoisotopic (exact) mass is 282 g/mol. The van der Waals surface area contributed by atoms with Crippen molar-refractivity contribution in [1.82, 2.24) is 0 Å². The number of benzene rings is 2. The van der Waals surface area contributed by atoms with E-state index in [1.165, 1.54) is 0 Å². The van der Waals surface area contributed by atoms with Crippen molar-refractivity contribution < 1.29 is 9.53 Å². The van der Waals surface area contributed by atoms with Gasteiger partial charge >= 0.3 is 0 Å². The molecule has 1 aliphatic heterocycles. The van der Waals surface area contributed by atoms with Gasteiger partial charge in [0.05, 0.1) is 6.61 Å². The van der Waals surface area contributed by atoms with Crippen LogP contribution in [0.15, 0.2) is 42.5 Å². The maximum Gasteiger partial charge on any atom is 0.251 e. The van der Waals surface area contributed by atoms with Crippen LogP contribution in [0.2, 0.25) is 0 Å². The molecular weight excluding hydrogens is 264 g/mol. The number of anilines is 2. The molecule has 4 heteroatoms. The van der Waals surface area contributed by atoms with Gasteiger partial charge in [-0.05, 0) is 19.1 Å². The van der Waals surface area contributed by atoms with E-state index in [0.717, 1.165) is 28.1 Å². The fourth-order valence-electron chi connectivity index (χ4n) is 2.62. The summed E-state index contributed by atoms with van der Waals surface area (Å²) in [6, 6.07) is 13.5. The van der Waals surface area contributed by atoms with Crippen LogP contribution in [0.25, 0.3) is 0 Å². The Hall–Kier alpha value is -2.33. The maximum absolute atomic E-state index is 12.2. The first-order chi connectivity index (χ1) is 10.2. The van der Waals surface area contributed by atoms with Crippen molar-refractivity contribution in [3.63, 3.8) is 0 Å². The standard InChI is InChI=1S/C17H18N2O2/c1-11-7-8-15-13(9-11)16(17(20)19-15)18-14-6-4-3-5-12(14)10-21-2/h3-9,16,18H,10H2,1-2H3,(H,19,20). The van der Waals surface area contributed by atoms with Gasteiger partial charge in [0.1, 0.15) is 6.04 Å². The highest BCUT2D eigenvalue weighted by Gasteiger charge is 2.30. The van der Waals surface area contributed by atoms with E-state index < -0.39 is 0 Å². The molecule has 3 rings (SSSR count). The normalized spacial score (nSPS) is 16.5. The number of methoxy groups -OCH3 is 1. The van der Waals surface area contributed by atoms with E-state index in [4.69, 9.17) is 4.74 Å². The molecule has 2 aromatic carbocycles. The van der Waals surface area contributed by atoms with Crippen molar-refractivity contribution in [2.75, 3.05) is 17.7 Å². The number of hydrogen-bond donors (Lipinski definition) is 2. The Balaban J connectivity index is 1.93. The van der Waals surface area contributed by atoms with Gasteiger partial charge in [-0.2, -0.15) is 0 Å². The summed E-state index contributed by atoms with van der Waals surface area (Å²) >= 11 is 0. The Bertz CT molecular complexity index is 682. The smallest absolute Gasteiger partial charge is 0.251 e. The number of nitrogens with one attached hydrogen (secondary N) is 2. The number of carbonyl (C=O) groups is 1. The molecule has 0 aliphatic carbocycles. The summed E-state index contributed by atoms with van der Waals surface area (Å²) in [5.41, 5.74) is 4.98. The first kappa shape index (κ1) is 13.6. The molecular formula is C17H18N2O2. The molecule has 0 saturated heterocycles. The zero-order valence-corrected chi connectivity index (χ0v) is 12.1. The summed E-state index contributed by atoms with van der Waals surface area (Å²) < 4.78 is 5.21. The summed E-state index contributed by atoms with van der Waals surface area (Å²) in [5, 5.41) is 6.25. The molecule has 1 heterocycles. The lowest BCUT2D eigenvalue weighted by molar-refractivity contribution is -0.116. The fraction of sp³-hybridized carbons (Fsp3) is 0.235. The first-order valence-corrected chi connectivity index (χ1v) is 6.94. The molecule has 1 atom stereocenters. The van der Waals surface area contributed by atoms with Crippen LogP contribution in [0.4, 0.5) is 11.4 Å². The van der Waals surface area contributed by atoms with Gasteiger partial charge in [-0.1, -0.05) is 35.9 Å². The topological polar surface area (TPSA) is 50.4 Å². The summed E-state index contributed by atoms with van der Waals surface area (Å²) in [5.74, 6) is -0.0252. The highest BCUT2D eigenvalue weighted by Crippen LogP contribution is 2.34. The Morgan fingerprint density at radius 2 is 2.05 bits per heavy atom. The molecule has 1 amide bonds. The van der Waals surface area contributed by atoms with Gasteiger partial charge in [0, 0.05) is 29.6 Å². The minimum atomic E-state index is -0.363. The minimum absolute atomic E-state index is 0.0252.